The SMILES string of the molecule is CC1CC(CCCl)CCN1C.O=[N+]([O-])c1cc([N+](=O)[O-])c(O)c([N+](=O)[O-])c1. The summed E-state index contributed by atoms with van der Waals surface area (Å²) in [6.45, 7) is 3.56. The minimum Gasteiger partial charge on any atom is -0.497 e. The normalized spacial score (nSPS) is 19.7. The Kier molecular flexibility index (Phi) is 8.32. The van der Waals surface area contributed by atoms with Crippen molar-refractivity contribution in [2.24, 2.45) is 5.92 Å². The fourth-order valence-electron chi connectivity index (χ4n) is 2.78. The van der Waals surface area contributed by atoms with Crippen LogP contribution in [0.5, 0.6) is 5.75 Å². The number of benzene rings is 1. The van der Waals surface area contributed by atoms with Crippen molar-refractivity contribution < 1.29 is 19.9 Å². The molecule has 0 aliphatic carbocycles. The third-order valence-corrected chi connectivity index (χ3v) is 4.71. The van der Waals surface area contributed by atoms with E-state index in [9.17, 15) is 30.3 Å². The van der Waals surface area contributed by atoms with Gasteiger partial charge in [0.15, 0.2) is 0 Å². The monoisotopic (exact) mass is 404 g/mol. The van der Waals surface area contributed by atoms with Gasteiger partial charge < -0.3 is 10.0 Å². The number of likely N-dealkylation sites (tertiary alicyclic amines) is 1. The standard InChI is InChI=1S/C9H18ClN.C6H3N3O7/c1-8-7-9(3-5-10)4-6-11(8)2;10-6-4(8(13)14)1-3(7(11)12)2-5(6)9(15)16/h8-9H,3-7H2,1-2H3;1-2,10H. The van der Waals surface area contributed by atoms with Crippen molar-refractivity contribution in [1.82, 2.24) is 4.90 Å². The fraction of sp³-hybridized carbons (Fsp3) is 0.600. The Bertz CT molecular complexity index is 680. The molecule has 150 valence electrons. The van der Waals surface area contributed by atoms with Gasteiger partial charge in [-0.2, -0.15) is 0 Å². The second-order valence-corrected chi connectivity index (χ2v) is 6.68. The van der Waals surface area contributed by atoms with Gasteiger partial charge in [-0.1, -0.05) is 0 Å². The summed E-state index contributed by atoms with van der Waals surface area (Å²) in [5, 5.41) is 40.2. The summed E-state index contributed by atoms with van der Waals surface area (Å²) in [6.07, 6.45) is 3.89. The molecule has 0 saturated carbocycles. The Labute approximate surface area is 160 Å². The molecule has 1 aromatic rings. The van der Waals surface area contributed by atoms with E-state index in [2.05, 4.69) is 18.9 Å². The molecule has 2 atom stereocenters. The summed E-state index contributed by atoms with van der Waals surface area (Å²) < 4.78 is 0. The maximum absolute atomic E-state index is 10.4. The Morgan fingerprint density at radius 3 is 2.04 bits per heavy atom. The number of aromatic hydroxyl groups is 1. The van der Waals surface area contributed by atoms with Gasteiger partial charge in [-0.15, -0.1) is 11.6 Å². The number of nitrogens with zero attached hydrogens (tertiary/aromatic N) is 4. The van der Waals surface area contributed by atoms with Crippen LogP contribution in [0.25, 0.3) is 0 Å². The number of halogens is 1. The number of non-ortho nitro benzene ring substituents is 1. The fourth-order valence-corrected chi connectivity index (χ4v) is 3.09. The zero-order valence-corrected chi connectivity index (χ0v) is 15.7. The number of hydrogen-bond donors (Lipinski definition) is 1. The van der Waals surface area contributed by atoms with E-state index in [4.69, 9.17) is 16.7 Å². The molecule has 27 heavy (non-hydrogen) atoms. The molecule has 1 heterocycles. The highest BCUT2D eigenvalue weighted by Crippen LogP contribution is 2.38. The van der Waals surface area contributed by atoms with Crippen LogP contribution in [-0.4, -0.2) is 50.3 Å². The lowest BCUT2D eigenvalue weighted by atomic mass is 9.90. The van der Waals surface area contributed by atoms with Crippen LogP contribution >= 0.6 is 11.6 Å². The lowest BCUT2D eigenvalue weighted by Crippen LogP contribution is -2.37. The first-order chi connectivity index (χ1) is 12.6. The highest BCUT2D eigenvalue weighted by atomic mass is 35.5. The molecule has 1 saturated heterocycles. The molecule has 0 amide bonds. The van der Waals surface area contributed by atoms with Gasteiger partial charge >= 0.3 is 11.4 Å². The Morgan fingerprint density at radius 2 is 1.67 bits per heavy atom. The number of nitro groups is 3. The predicted octanol–water partition coefficient (Wildman–Crippen LogP) is 3.46. The molecule has 2 rings (SSSR count). The largest absolute Gasteiger partial charge is 0.497 e. The van der Waals surface area contributed by atoms with Gasteiger partial charge in [0.05, 0.1) is 26.9 Å². The molecule has 11 nitrogen and oxygen atoms in total. The van der Waals surface area contributed by atoms with Crippen LogP contribution < -0.4 is 0 Å². The topological polar surface area (TPSA) is 153 Å². The molecule has 0 spiro atoms. The quantitative estimate of drug-likeness (QED) is 0.444. The number of alkyl halides is 1. The minimum atomic E-state index is -1.21. The molecule has 2 unspecified atom stereocenters. The first kappa shape index (κ1) is 22.5. The van der Waals surface area contributed by atoms with E-state index >= 15 is 0 Å². The van der Waals surface area contributed by atoms with Crippen LogP contribution in [-0.2, 0) is 0 Å². The van der Waals surface area contributed by atoms with Crippen molar-refractivity contribution in [3.8, 4) is 5.75 Å². The van der Waals surface area contributed by atoms with E-state index in [0.717, 1.165) is 17.8 Å². The molecule has 1 aliphatic rings. The van der Waals surface area contributed by atoms with Gasteiger partial charge in [0.1, 0.15) is 0 Å². The lowest BCUT2D eigenvalue weighted by molar-refractivity contribution is -0.404. The number of nitro benzene ring substituents is 3. The molecule has 1 N–H and O–H groups in total. The van der Waals surface area contributed by atoms with E-state index < -0.39 is 37.6 Å². The van der Waals surface area contributed by atoms with Crippen molar-refractivity contribution in [2.45, 2.75) is 32.2 Å². The summed E-state index contributed by atoms with van der Waals surface area (Å²) in [4.78, 5) is 30.2. The predicted molar refractivity (Wildman–Crippen MR) is 98.2 cm³/mol. The van der Waals surface area contributed by atoms with E-state index in [1.54, 1.807) is 0 Å². The third kappa shape index (κ3) is 6.29. The molecule has 0 radical (unpaired) electrons. The molecule has 12 heteroatoms. The third-order valence-electron chi connectivity index (χ3n) is 4.49. The average molecular weight is 405 g/mol. The van der Waals surface area contributed by atoms with E-state index in [0.29, 0.717) is 12.1 Å². The number of phenols is 1. The van der Waals surface area contributed by atoms with Gasteiger partial charge in [0.2, 0.25) is 0 Å². The number of phenolic OH excluding ortho intramolecular Hbond substituents is 1. The van der Waals surface area contributed by atoms with E-state index in [1.807, 2.05) is 0 Å². The van der Waals surface area contributed by atoms with Crippen LogP contribution in [0, 0.1) is 36.3 Å². The number of rotatable bonds is 5. The summed E-state index contributed by atoms with van der Waals surface area (Å²) in [6, 6.07) is 1.65. The minimum absolute atomic E-state index is 0.447. The Balaban J connectivity index is 0.000000289. The smallest absolute Gasteiger partial charge is 0.324 e. The van der Waals surface area contributed by atoms with Crippen LogP contribution in [0.15, 0.2) is 12.1 Å². The molecule has 1 aromatic carbocycles. The van der Waals surface area contributed by atoms with Crippen LogP contribution in [0.3, 0.4) is 0 Å². The molecule has 1 aliphatic heterocycles. The lowest BCUT2D eigenvalue weighted by Gasteiger charge is -2.34. The van der Waals surface area contributed by atoms with Crippen LogP contribution in [0.1, 0.15) is 26.2 Å². The first-order valence-electron chi connectivity index (χ1n) is 8.14. The maximum Gasteiger partial charge on any atom is 0.324 e. The molecular formula is C15H21ClN4O7. The zero-order chi connectivity index (χ0) is 20.7. The summed E-state index contributed by atoms with van der Waals surface area (Å²) in [7, 11) is 2.21. The van der Waals surface area contributed by atoms with Crippen molar-refractivity contribution in [1.29, 1.82) is 0 Å². The first-order valence-corrected chi connectivity index (χ1v) is 8.68. The molecule has 0 bridgehead atoms. The van der Waals surface area contributed by atoms with Crippen molar-refractivity contribution >= 4 is 28.7 Å². The van der Waals surface area contributed by atoms with Gasteiger partial charge in [-0.25, -0.2) is 0 Å². The van der Waals surface area contributed by atoms with Gasteiger partial charge in [-0.05, 0) is 45.7 Å². The Hall–Kier alpha value is -2.53. The summed E-state index contributed by atoms with van der Waals surface area (Å²) in [5.41, 5.74) is -3.00. The second-order valence-electron chi connectivity index (χ2n) is 6.30. The van der Waals surface area contributed by atoms with E-state index in [1.165, 1.54) is 25.8 Å². The molecular weight excluding hydrogens is 384 g/mol. The second kappa shape index (κ2) is 9.97. The maximum atomic E-state index is 10.4. The van der Waals surface area contributed by atoms with E-state index in [-0.39, 0.29) is 0 Å². The highest BCUT2D eigenvalue weighted by molar-refractivity contribution is 6.17. The van der Waals surface area contributed by atoms with Gasteiger partial charge in [-0.3, -0.25) is 30.3 Å². The van der Waals surface area contributed by atoms with Gasteiger partial charge in [0, 0.05) is 11.9 Å². The van der Waals surface area contributed by atoms with Crippen molar-refractivity contribution in [3.63, 3.8) is 0 Å². The Morgan fingerprint density at radius 1 is 1.15 bits per heavy atom. The van der Waals surface area contributed by atoms with Crippen LogP contribution in [0.2, 0.25) is 0 Å². The molecule has 1 fully saturated rings. The highest BCUT2D eigenvalue weighted by Gasteiger charge is 2.30. The molecule has 0 aromatic heterocycles. The van der Waals surface area contributed by atoms with Crippen molar-refractivity contribution in [3.05, 3.63) is 42.5 Å². The summed E-state index contributed by atoms with van der Waals surface area (Å²) in [5.74, 6) is 0.514. The average Bonchev–Trinajstić information content (AvgIpc) is 2.58. The van der Waals surface area contributed by atoms with Crippen molar-refractivity contribution in [2.75, 3.05) is 19.5 Å². The van der Waals surface area contributed by atoms with Gasteiger partial charge in [0.25, 0.3) is 11.4 Å². The number of hydrogen-bond acceptors (Lipinski definition) is 8. The summed E-state index contributed by atoms with van der Waals surface area (Å²) >= 11 is 5.71. The number of piperidine rings is 1. The zero-order valence-electron chi connectivity index (χ0n) is 14.9. The van der Waals surface area contributed by atoms with Crippen LogP contribution in [0.4, 0.5) is 17.1 Å².